The minimum absolute atomic E-state index is 0.270. The second kappa shape index (κ2) is 6.21. The molecule has 0 radical (unpaired) electrons. The first-order chi connectivity index (χ1) is 11.8. The Balaban J connectivity index is 2.14. The molecular weight excluding hydrogens is 332 g/mol. The quantitative estimate of drug-likeness (QED) is 0.423. The fraction of sp³-hybridized carbons (Fsp3) is 0.375. The first-order valence-electron chi connectivity index (χ1n) is 7.60. The van der Waals surface area contributed by atoms with Crippen LogP contribution in [0.4, 0.5) is 0 Å². The van der Waals surface area contributed by atoms with Crippen LogP contribution in [-0.4, -0.2) is 54.4 Å². The number of H-pyrrole nitrogens is 1. The third kappa shape index (κ3) is 2.71. The van der Waals surface area contributed by atoms with E-state index in [4.69, 9.17) is 4.74 Å². The highest BCUT2D eigenvalue weighted by atomic mass is 16.7. The maximum absolute atomic E-state index is 12.1. The summed E-state index contributed by atoms with van der Waals surface area (Å²) in [4.78, 5) is 25.3. The Morgan fingerprint density at radius 3 is 2.44 bits per heavy atom. The molecule has 9 nitrogen and oxygen atoms in total. The summed E-state index contributed by atoms with van der Waals surface area (Å²) in [6, 6.07) is 9.44. The molecule has 0 aliphatic carbocycles. The van der Waals surface area contributed by atoms with Crippen molar-refractivity contribution in [2.24, 2.45) is 0 Å². The summed E-state index contributed by atoms with van der Waals surface area (Å²) < 4.78 is 5.83. The van der Waals surface area contributed by atoms with Crippen molar-refractivity contribution < 1.29 is 25.2 Å². The number of aliphatic hydroxyl groups excluding tert-OH is 2. The number of hydrogen-bond acceptors (Lipinski definition) is 7. The SMILES string of the molecule is O=c1ccn([C@]2(O)O[C@H](CO)[C@@H](O)[C@]2(O)Cc2ccccc2)c(=O)[nH]1. The Labute approximate surface area is 141 Å². The molecule has 9 heteroatoms. The van der Waals surface area contributed by atoms with E-state index in [9.17, 15) is 30.0 Å². The van der Waals surface area contributed by atoms with Gasteiger partial charge < -0.3 is 25.2 Å². The van der Waals surface area contributed by atoms with Crippen molar-refractivity contribution >= 4 is 0 Å². The molecule has 0 amide bonds. The third-order valence-electron chi connectivity index (χ3n) is 4.37. The maximum atomic E-state index is 12.1. The summed E-state index contributed by atoms with van der Waals surface area (Å²) >= 11 is 0. The second-order valence-electron chi connectivity index (χ2n) is 5.96. The molecule has 1 aromatic carbocycles. The lowest BCUT2D eigenvalue weighted by Gasteiger charge is -2.38. The van der Waals surface area contributed by atoms with Gasteiger partial charge in [0.15, 0.2) is 5.60 Å². The van der Waals surface area contributed by atoms with Crippen molar-refractivity contribution in [2.75, 3.05) is 6.61 Å². The zero-order valence-corrected chi connectivity index (χ0v) is 13.1. The van der Waals surface area contributed by atoms with Gasteiger partial charge in [0.1, 0.15) is 12.2 Å². The summed E-state index contributed by atoms with van der Waals surface area (Å²) in [6.07, 6.45) is -2.35. The summed E-state index contributed by atoms with van der Waals surface area (Å²) in [5, 5.41) is 41.9. The molecule has 1 aliphatic heterocycles. The Hall–Kier alpha value is -2.30. The zero-order valence-electron chi connectivity index (χ0n) is 13.1. The monoisotopic (exact) mass is 350 g/mol. The van der Waals surface area contributed by atoms with Gasteiger partial charge in [-0.2, -0.15) is 0 Å². The van der Waals surface area contributed by atoms with Crippen LogP contribution < -0.4 is 11.2 Å². The molecule has 1 aliphatic rings. The number of ether oxygens (including phenoxy) is 1. The van der Waals surface area contributed by atoms with Crippen LogP contribution in [0.2, 0.25) is 0 Å². The van der Waals surface area contributed by atoms with E-state index in [0.717, 1.165) is 12.3 Å². The first-order valence-corrected chi connectivity index (χ1v) is 7.60. The second-order valence-corrected chi connectivity index (χ2v) is 5.96. The summed E-state index contributed by atoms with van der Waals surface area (Å²) in [5.41, 5.74) is -3.53. The largest absolute Gasteiger partial charge is 0.394 e. The lowest BCUT2D eigenvalue weighted by molar-refractivity contribution is -0.326. The number of aliphatic hydroxyl groups is 4. The zero-order chi connectivity index (χ0) is 18.2. The minimum Gasteiger partial charge on any atom is -0.394 e. The van der Waals surface area contributed by atoms with Gasteiger partial charge in [0.05, 0.1) is 6.61 Å². The number of aromatic amines is 1. The molecule has 2 heterocycles. The van der Waals surface area contributed by atoms with Gasteiger partial charge in [-0.25, -0.2) is 9.36 Å². The van der Waals surface area contributed by atoms with Crippen LogP contribution in [0, 0.1) is 0 Å². The van der Waals surface area contributed by atoms with E-state index in [0.29, 0.717) is 10.1 Å². The van der Waals surface area contributed by atoms with Gasteiger partial charge in [0, 0.05) is 18.7 Å². The molecule has 0 spiro atoms. The highest BCUT2D eigenvalue weighted by molar-refractivity contribution is 5.21. The predicted octanol–water partition coefficient (Wildman–Crippen LogP) is -2.13. The van der Waals surface area contributed by atoms with Gasteiger partial charge in [0.2, 0.25) is 0 Å². The Morgan fingerprint density at radius 2 is 1.84 bits per heavy atom. The van der Waals surface area contributed by atoms with Crippen molar-refractivity contribution in [3.05, 3.63) is 69.0 Å². The number of hydrogen-bond donors (Lipinski definition) is 5. The molecule has 1 fully saturated rings. The van der Waals surface area contributed by atoms with Crippen molar-refractivity contribution in [2.45, 2.75) is 30.1 Å². The van der Waals surface area contributed by atoms with E-state index in [1.165, 1.54) is 0 Å². The molecular formula is C16H18N2O7. The number of aromatic nitrogens is 2. The van der Waals surface area contributed by atoms with E-state index in [1.54, 1.807) is 30.3 Å². The third-order valence-corrected chi connectivity index (χ3v) is 4.37. The standard InChI is InChI=1S/C16H18N2O7/c19-9-11-13(21)15(23,8-10-4-2-1-3-5-10)16(24,25-11)18-7-6-12(20)17-14(18)22/h1-7,11,13,19,21,23-24H,8-9H2,(H,17,20,22)/t11-,13-,15-,16-/m1/s1. The molecule has 1 aromatic heterocycles. The van der Waals surface area contributed by atoms with Crippen LogP contribution in [0.5, 0.6) is 0 Å². The minimum atomic E-state index is -2.70. The molecule has 5 N–H and O–H groups in total. The van der Waals surface area contributed by atoms with Gasteiger partial charge in [-0.3, -0.25) is 9.78 Å². The van der Waals surface area contributed by atoms with E-state index >= 15 is 0 Å². The van der Waals surface area contributed by atoms with Crippen LogP contribution >= 0.6 is 0 Å². The lowest BCUT2D eigenvalue weighted by atomic mass is 9.85. The number of rotatable bonds is 4. The van der Waals surface area contributed by atoms with E-state index in [1.807, 2.05) is 4.98 Å². The average Bonchev–Trinajstić information content (AvgIpc) is 2.77. The van der Waals surface area contributed by atoms with E-state index in [-0.39, 0.29) is 6.42 Å². The molecule has 0 unspecified atom stereocenters. The maximum Gasteiger partial charge on any atom is 0.332 e. The fourth-order valence-corrected chi connectivity index (χ4v) is 3.06. The van der Waals surface area contributed by atoms with Crippen LogP contribution in [0.25, 0.3) is 0 Å². The predicted molar refractivity (Wildman–Crippen MR) is 84.6 cm³/mol. The fourth-order valence-electron chi connectivity index (χ4n) is 3.06. The van der Waals surface area contributed by atoms with Crippen molar-refractivity contribution in [1.82, 2.24) is 9.55 Å². The van der Waals surface area contributed by atoms with Crippen molar-refractivity contribution in [3.63, 3.8) is 0 Å². The number of benzene rings is 1. The topological polar surface area (TPSA) is 145 Å². The van der Waals surface area contributed by atoms with Crippen LogP contribution in [0.3, 0.4) is 0 Å². The van der Waals surface area contributed by atoms with E-state index in [2.05, 4.69) is 0 Å². The van der Waals surface area contributed by atoms with Crippen molar-refractivity contribution in [3.8, 4) is 0 Å². The first kappa shape index (κ1) is 17.5. The Kier molecular flexibility index (Phi) is 4.35. The molecule has 2 aromatic rings. The van der Waals surface area contributed by atoms with Crippen molar-refractivity contribution in [1.29, 1.82) is 0 Å². The smallest absolute Gasteiger partial charge is 0.332 e. The van der Waals surface area contributed by atoms with E-state index < -0.39 is 41.6 Å². The molecule has 0 bridgehead atoms. The number of nitrogens with one attached hydrogen (secondary N) is 1. The van der Waals surface area contributed by atoms with Gasteiger partial charge in [-0.1, -0.05) is 30.3 Å². The molecule has 1 saturated heterocycles. The van der Waals surface area contributed by atoms with Gasteiger partial charge >= 0.3 is 5.69 Å². The summed E-state index contributed by atoms with van der Waals surface area (Å²) in [6.45, 7) is -0.696. The highest BCUT2D eigenvalue weighted by Crippen LogP contribution is 2.43. The average molecular weight is 350 g/mol. The Bertz CT molecular complexity index is 865. The molecule has 134 valence electrons. The molecule has 0 saturated carbocycles. The normalized spacial score (nSPS) is 32.0. The highest BCUT2D eigenvalue weighted by Gasteiger charge is 2.66. The van der Waals surface area contributed by atoms with Gasteiger partial charge in [0.25, 0.3) is 11.5 Å². The Morgan fingerprint density at radius 1 is 1.16 bits per heavy atom. The van der Waals surface area contributed by atoms with Crippen LogP contribution in [0.1, 0.15) is 5.56 Å². The van der Waals surface area contributed by atoms with Gasteiger partial charge in [-0.05, 0) is 5.56 Å². The van der Waals surface area contributed by atoms with Crippen LogP contribution in [0.15, 0.2) is 52.2 Å². The lowest BCUT2D eigenvalue weighted by Crippen LogP contribution is -2.61. The summed E-state index contributed by atoms with van der Waals surface area (Å²) in [5.74, 6) is -2.70. The van der Waals surface area contributed by atoms with Gasteiger partial charge in [-0.15, -0.1) is 0 Å². The van der Waals surface area contributed by atoms with Crippen LogP contribution in [-0.2, 0) is 17.1 Å². The molecule has 3 rings (SSSR count). The summed E-state index contributed by atoms with van der Waals surface area (Å²) in [7, 11) is 0. The molecule has 25 heavy (non-hydrogen) atoms. The number of nitrogens with zero attached hydrogens (tertiary/aromatic N) is 1. The molecule has 4 atom stereocenters.